The number of ketones is 1. The molecule has 1 aliphatic rings. The zero-order chi connectivity index (χ0) is 17.4. The summed E-state index contributed by atoms with van der Waals surface area (Å²) in [6.07, 6.45) is 0. The van der Waals surface area contributed by atoms with E-state index in [9.17, 15) is 20.1 Å². The van der Waals surface area contributed by atoms with E-state index in [0.29, 0.717) is 5.56 Å². The summed E-state index contributed by atoms with van der Waals surface area (Å²) in [6, 6.07) is 5.47. The zero-order valence-corrected chi connectivity index (χ0v) is 13.1. The summed E-state index contributed by atoms with van der Waals surface area (Å²) in [5, 5.41) is 29.7. The zero-order valence-electron chi connectivity index (χ0n) is 13.1. The van der Waals surface area contributed by atoms with Crippen LogP contribution in [0, 0.1) is 0 Å². The minimum atomic E-state index is -0.778. The van der Waals surface area contributed by atoms with Crippen molar-refractivity contribution >= 4 is 5.78 Å². The van der Waals surface area contributed by atoms with Crippen LogP contribution in [0.15, 0.2) is 24.3 Å². The van der Waals surface area contributed by atoms with Crippen molar-refractivity contribution in [1.82, 2.24) is 0 Å². The van der Waals surface area contributed by atoms with Gasteiger partial charge in [-0.2, -0.15) is 0 Å². The van der Waals surface area contributed by atoms with Crippen LogP contribution in [0.4, 0.5) is 0 Å². The molecule has 0 fully saturated rings. The number of aromatic hydroxyl groups is 3. The molecule has 0 saturated carbocycles. The molecule has 1 heterocycles. The molecule has 0 saturated heterocycles. The number of methoxy groups -OCH3 is 2. The second-order valence-electron chi connectivity index (χ2n) is 5.30. The van der Waals surface area contributed by atoms with Gasteiger partial charge in [0.15, 0.2) is 17.3 Å². The Morgan fingerprint density at radius 1 is 1.12 bits per heavy atom. The minimum absolute atomic E-state index is 0.0126. The van der Waals surface area contributed by atoms with E-state index < -0.39 is 11.7 Å². The second-order valence-corrected chi connectivity index (χ2v) is 5.30. The summed E-state index contributed by atoms with van der Waals surface area (Å²) in [5.41, 5.74) is 0.403. The van der Waals surface area contributed by atoms with E-state index in [1.165, 1.54) is 26.4 Å². The molecule has 7 nitrogen and oxygen atoms in total. The van der Waals surface area contributed by atoms with Gasteiger partial charge in [-0.15, -0.1) is 0 Å². The maximum Gasteiger partial charge on any atom is 0.201 e. The Balaban J connectivity index is 2.09. The highest BCUT2D eigenvalue weighted by Crippen LogP contribution is 2.46. The molecule has 2 aromatic rings. The number of fused-ring (bicyclic) bond motifs is 1. The Hall–Kier alpha value is -3.09. The lowest BCUT2D eigenvalue weighted by molar-refractivity contribution is 0.0889. The largest absolute Gasteiger partial charge is 0.508 e. The fourth-order valence-electron chi connectivity index (χ4n) is 2.82. The van der Waals surface area contributed by atoms with Crippen molar-refractivity contribution in [3.8, 4) is 34.5 Å². The highest BCUT2D eigenvalue weighted by molar-refractivity contribution is 6.07. The van der Waals surface area contributed by atoms with Crippen molar-refractivity contribution in [2.24, 2.45) is 0 Å². The summed E-state index contributed by atoms with van der Waals surface area (Å²) in [7, 11) is 2.78. The predicted molar refractivity (Wildman–Crippen MR) is 83.5 cm³/mol. The molecule has 126 valence electrons. The first-order chi connectivity index (χ1) is 11.5. The molecule has 1 aliphatic heterocycles. The average molecular weight is 332 g/mol. The topological polar surface area (TPSA) is 105 Å². The lowest BCUT2D eigenvalue weighted by Gasteiger charge is -2.26. The third kappa shape index (κ3) is 2.34. The van der Waals surface area contributed by atoms with Crippen LogP contribution in [0.25, 0.3) is 0 Å². The van der Waals surface area contributed by atoms with Gasteiger partial charge in [0.1, 0.15) is 29.4 Å². The van der Waals surface area contributed by atoms with Crippen molar-refractivity contribution in [3.63, 3.8) is 0 Å². The maximum absolute atomic E-state index is 12.8. The minimum Gasteiger partial charge on any atom is -0.508 e. The number of ether oxygens (including phenoxy) is 3. The van der Waals surface area contributed by atoms with Gasteiger partial charge in [0.2, 0.25) is 5.75 Å². The summed E-state index contributed by atoms with van der Waals surface area (Å²) in [4.78, 5) is 12.8. The molecule has 1 atom stereocenters. The first kappa shape index (κ1) is 15.8. The highest BCUT2D eigenvalue weighted by atomic mass is 16.5. The summed E-state index contributed by atoms with van der Waals surface area (Å²) < 4.78 is 15.8. The number of carbonyl (C=O) groups is 1. The third-order valence-electron chi connectivity index (χ3n) is 3.96. The van der Waals surface area contributed by atoms with E-state index in [1.54, 1.807) is 6.07 Å². The molecule has 0 spiro atoms. The molecule has 0 aromatic heterocycles. The van der Waals surface area contributed by atoms with Crippen molar-refractivity contribution in [2.45, 2.75) is 5.92 Å². The van der Waals surface area contributed by atoms with Crippen LogP contribution in [0.3, 0.4) is 0 Å². The van der Waals surface area contributed by atoms with Gasteiger partial charge in [-0.1, -0.05) is 6.07 Å². The van der Waals surface area contributed by atoms with Crippen LogP contribution in [0.1, 0.15) is 21.8 Å². The van der Waals surface area contributed by atoms with Gasteiger partial charge in [-0.3, -0.25) is 4.79 Å². The predicted octanol–water partition coefficient (Wildman–Crippen LogP) is 2.18. The Kier molecular flexibility index (Phi) is 3.84. The number of benzene rings is 2. The van der Waals surface area contributed by atoms with Gasteiger partial charge in [0, 0.05) is 17.7 Å². The normalized spacial score (nSPS) is 16.2. The Labute approximate surface area is 137 Å². The first-order valence-electron chi connectivity index (χ1n) is 7.14. The molecule has 3 rings (SSSR count). The molecule has 0 amide bonds. The molecular formula is C17H16O7. The van der Waals surface area contributed by atoms with E-state index in [2.05, 4.69) is 0 Å². The van der Waals surface area contributed by atoms with Crippen LogP contribution in [0.5, 0.6) is 34.5 Å². The van der Waals surface area contributed by atoms with Gasteiger partial charge in [0.25, 0.3) is 0 Å². The van der Waals surface area contributed by atoms with E-state index >= 15 is 0 Å². The number of carbonyl (C=O) groups excluding carboxylic acids is 1. The lowest BCUT2D eigenvalue weighted by atomic mass is 9.87. The highest BCUT2D eigenvalue weighted by Gasteiger charge is 2.35. The summed E-state index contributed by atoms with van der Waals surface area (Å²) in [5.74, 6) is -1.51. The number of hydrogen-bond acceptors (Lipinski definition) is 7. The van der Waals surface area contributed by atoms with E-state index in [0.717, 1.165) is 6.07 Å². The van der Waals surface area contributed by atoms with E-state index in [4.69, 9.17) is 14.2 Å². The smallest absolute Gasteiger partial charge is 0.201 e. The van der Waals surface area contributed by atoms with Crippen LogP contribution in [-0.4, -0.2) is 41.9 Å². The van der Waals surface area contributed by atoms with Crippen LogP contribution < -0.4 is 14.2 Å². The molecule has 0 bridgehead atoms. The van der Waals surface area contributed by atoms with Crippen molar-refractivity contribution in [2.75, 3.05) is 20.8 Å². The average Bonchev–Trinajstić information content (AvgIpc) is 2.54. The number of rotatable bonds is 3. The molecule has 0 radical (unpaired) electrons. The molecule has 24 heavy (non-hydrogen) atoms. The first-order valence-corrected chi connectivity index (χ1v) is 7.14. The fourth-order valence-corrected chi connectivity index (χ4v) is 2.82. The van der Waals surface area contributed by atoms with E-state index in [-0.39, 0.29) is 46.7 Å². The summed E-state index contributed by atoms with van der Waals surface area (Å²) >= 11 is 0. The van der Waals surface area contributed by atoms with Crippen LogP contribution in [0.2, 0.25) is 0 Å². The Morgan fingerprint density at radius 2 is 1.88 bits per heavy atom. The van der Waals surface area contributed by atoms with Gasteiger partial charge < -0.3 is 29.5 Å². The standard InChI is InChI=1S/C17H16O7/c1-22-12-4-3-9(17(23-2)16(12)21)10-7-24-13-6-8(18)5-11(19)14(13)15(10)20/h3-6,10,18-19,21H,7H2,1-2H3. The van der Waals surface area contributed by atoms with Crippen molar-refractivity contribution < 1.29 is 34.3 Å². The molecule has 7 heteroatoms. The van der Waals surface area contributed by atoms with Crippen molar-refractivity contribution in [3.05, 3.63) is 35.4 Å². The summed E-state index contributed by atoms with van der Waals surface area (Å²) in [6.45, 7) is -0.0170. The van der Waals surface area contributed by atoms with Gasteiger partial charge in [0.05, 0.1) is 20.1 Å². The van der Waals surface area contributed by atoms with Crippen LogP contribution in [-0.2, 0) is 0 Å². The van der Waals surface area contributed by atoms with E-state index in [1.807, 2.05) is 0 Å². The number of phenolic OH excluding ortho intramolecular Hbond substituents is 3. The molecule has 0 aliphatic carbocycles. The van der Waals surface area contributed by atoms with Gasteiger partial charge in [-0.25, -0.2) is 0 Å². The maximum atomic E-state index is 12.8. The Morgan fingerprint density at radius 3 is 2.54 bits per heavy atom. The number of Topliss-reactive ketones (excluding diaryl/α,β-unsaturated/α-hetero) is 1. The van der Waals surface area contributed by atoms with Gasteiger partial charge >= 0.3 is 0 Å². The fraction of sp³-hybridized carbons (Fsp3) is 0.235. The Bertz CT molecular complexity index is 813. The molecular weight excluding hydrogens is 316 g/mol. The van der Waals surface area contributed by atoms with Gasteiger partial charge in [-0.05, 0) is 6.07 Å². The molecule has 3 N–H and O–H groups in total. The number of hydrogen-bond donors (Lipinski definition) is 3. The lowest BCUT2D eigenvalue weighted by Crippen LogP contribution is -2.26. The second kappa shape index (κ2) is 5.84. The van der Waals surface area contributed by atoms with Crippen molar-refractivity contribution in [1.29, 1.82) is 0 Å². The monoisotopic (exact) mass is 332 g/mol. The third-order valence-corrected chi connectivity index (χ3v) is 3.96. The molecule has 1 unspecified atom stereocenters. The SMILES string of the molecule is COc1ccc(C2COc3cc(O)cc(O)c3C2=O)c(OC)c1O. The molecule has 2 aromatic carbocycles. The number of phenols is 3. The quantitative estimate of drug-likeness (QED) is 0.791. The van der Waals surface area contributed by atoms with Crippen LogP contribution >= 0.6 is 0 Å².